The van der Waals surface area contributed by atoms with Gasteiger partial charge < -0.3 is 5.11 Å². The molecular formula is C11H13BrN2OS. The maximum Gasteiger partial charge on any atom is 0.100 e. The number of aliphatic hydroxyl groups is 1. The molecule has 1 unspecified atom stereocenters. The van der Waals surface area contributed by atoms with E-state index in [2.05, 4.69) is 21.0 Å². The van der Waals surface area contributed by atoms with E-state index in [1.807, 2.05) is 29.8 Å². The van der Waals surface area contributed by atoms with Crippen LogP contribution in [0, 0.1) is 0 Å². The molecule has 0 aliphatic rings. The van der Waals surface area contributed by atoms with E-state index in [1.54, 1.807) is 17.5 Å². The number of aromatic nitrogens is 2. The average Bonchev–Trinajstić information content (AvgIpc) is 2.86. The van der Waals surface area contributed by atoms with Crippen molar-refractivity contribution in [2.24, 2.45) is 0 Å². The Morgan fingerprint density at radius 2 is 2.31 bits per heavy atom. The van der Waals surface area contributed by atoms with E-state index in [-0.39, 0.29) is 0 Å². The molecule has 0 aromatic carbocycles. The van der Waals surface area contributed by atoms with E-state index in [9.17, 15) is 5.11 Å². The zero-order valence-electron chi connectivity index (χ0n) is 8.93. The number of aliphatic hydroxyl groups excluding tert-OH is 1. The predicted octanol–water partition coefficient (Wildman–Crippen LogP) is 3.00. The summed E-state index contributed by atoms with van der Waals surface area (Å²) in [7, 11) is 0. The summed E-state index contributed by atoms with van der Waals surface area (Å²) < 4.78 is 2.92. The maximum absolute atomic E-state index is 10.1. The third-order valence-corrected chi connectivity index (χ3v) is 4.06. The second-order valence-electron chi connectivity index (χ2n) is 3.50. The Kier molecular flexibility index (Phi) is 3.78. The van der Waals surface area contributed by atoms with Crippen molar-refractivity contribution in [3.63, 3.8) is 0 Å². The molecule has 0 fully saturated rings. The summed E-state index contributed by atoms with van der Waals surface area (Å²) in [6.45, 7) is 2.80. The van der Waals surface area contributed by atoms with Gasteiger partial charge in [0.05, 0.1) is 9.48 Å². The minimum atomic E-state index is -0.479. The van der Waals surface area contributed by atoms with Crippen molar-refractivity contribution in [2.75, 3.05) is 0 Å². The molecule has 2 aromatic heterocycles. The smallest absolute Gasteiger partial charge is 0.100 e. The van der Waals surface area contributed by atoms with Crippen LogP contribution in [0.4, 0.5) is 0 Å². The van der Waals surface area contributed by atoms with Crippen LogP contribution in [-0.2, 0) is 13.0 Å². The highest BCUT2D eigenvalue weighted by Gasteiger charge is 2.14. The second-order valence-corrected chi connectivity index (χ2v) is 6.05. The van der Waals surface area contributed by atoms with Gasteiger partial charge in [0, 0.05) is 24.0 Å². The molecule has 16 heavy (non-hydrogen) atoms. The van der Waals surface area contributed by atoms with E-state index in [1.165, 1.54) is 4.88 Å². The third-order valence-electron chi connectivity index (χ3n) is 2.41. The largest absolute Gasteiger partial charge is 0.386 e. The Balaban J connectivity index is 2.11. The maximum atomic E-state index is 10.1. The topological polar surface area (TPSA) is 38.0 Å². The lowest BCUT2D eigenvalue weighted by atomic mass is 10.1. The fourth-order valence-electron chi connectivity index (χ4n) is 1.65. The van der Waals surface area contributed by atoms with Gasteiger partial charge in [-0.1, -0.05) is 0 Å². The van der Waals surface area contributed by atoms with Gasteiger partial charge in [-0.05, 0) is 41.1 Å². The second kappa shape index (κ2) is 5.12. The Morgan fingerprint density at radius 3 is 2.94 bits per heavy atom. The van der Waals surface area contributed by atoms with E-state index in [4.69, 9.17) is 0 Å². The van der Waals surface area contributed by atoms with Crippen LogP contribution in [-0.4, -0.2) is 14.9 Å². The fraction of sp³-hybridized carbons (Fsp3) is 0.364. The number of hydrogen-bond acceptors (Lipinski definition) is 3. The van der Waals surface area contributed by atoms with Gasteiger partial charge in [0.25, 0.3) is 0 Å². The number of hydrogen-bond donors (Lipinski definition) is 1. The summed E-state index contributed by atoms with van der Waals surface area (Å²) in [5.41, 5.74) is 0.882. The van der Waals surface area contributed by atoms with Crippen LogP contribution in [0.1, 0.15) is 23.6 Å². The van der Waals surface area contributed by atoms with Crippen molar-refractivity contribution in [1.82, 2.24) is 9.78 Å². The molecule has 0 saturated heterocycles. The Hall–Kier alpha value is -0.650. The number of rotatable bonds is 4. The lowest BCUT2D eigenvalue weighted by molar-refractivity contribution is 0.168. The molecule has 3 nitrogen and oxygen atoms in total. The molecule has 1 atom stereocenters. The van der Waals surface area contributed by atoms with Crippen LogP contribution in [0.5, 0.6) is 0 Å². The average molecular weight is 301 g/mol. The SMILES string of the molecule is CCn1nccc1C(O)Cc1ccc(Br)s1. The van der Waals surface area contributed by atoms with Crippen LogP contribution in [0.3, 0.4) is 0 Å². The van der Waals surface area contributed by atoms with Crippen molar-refractivity contribution in [2.45, 2.75) is 26.0 Å². The summed E-state index contributed by atoms with van der Waals surface area (Å²) in [4.78, 5) is 1.17. The molecule has 5 heteroatoms. The molecule has 0 bridgehead atoms. The quantitative estimate of drug-likeness (QED) is 0.942. The highest BCUT2D eigenvalue weighted by atomic mass is 79.9. The number of nitrogens with zero attached hydrogens (tertiary/aromatic N) is 2. The van der Waals surface area contributed by atoms with Crippen molar-refractivity contribution >= 4 is 27.3 Å². The summed E-state index contributed by atoms with van der Waals surface area (Å²) in [6.07, 6.45) is 1.89. The highest BCUT2D eigenvalue weighted by Crippen LogP contribution is 2.26. The van der Waals surface area contributed by atoms with Gasteiger partial charge in [-0.3, -0.25) is 4.68 Å². The van der Waals surface area contributed by atoms with Crippen LogP contribution in [0.15, 0.2) is 28.2 Å². The van der Waals surface area contributed by atoms with Gasteiger partial charge >= 0.3 is 0 Å². The normalized spacial score (nSPS) is 12.9. The molecular weight excluding hydrogens is 288 g/mol. The van der Waals surface area contributed by atoms with Gasteiger partial charge in [-0.2, -0.15) is 5.10 Å². The number of halogens is 1. The molecule has 0 aliphatic carbocycles. The van der Waals surface area contributed by atoms with Crippen molar-refractivity contribution in [3.05, 3.63) is 38.8 Å². The first-order chi connectivity index (χ1) is 7.70. The van der Waals surface area contributed by atoms with E-state index in [0.717, 1.165) is 16.0 Å². The van der Waals surface area contributed by atoms with Crippen LogP contribution < -0.4 is 0 Å². The number of thiophene rings is 1. The molecule has 0 spiro atoms. The molecule has 2 rings (SSSR count). The standard InChI is InChI=1S/C11H13BrN2OS/c1-2-14-9(5-6-13-14)10(15)7-8-3-4-11(12)16-8/h3-6,10,15H,2,7H2,1H3. The third kappa shape index (κ3) is 2.53. The van der Waals surface area contributed by atoms with Gasteiger partial charge in [0.1, 0.15) is 6.10 Å². The molecule has 1 N–H and O–H groups in total. The first-order valence-electron chi connectivity index (χ1n) is 5.14. The molecule has 0 aliphatic heterocycles. The molecule has 0 amide bonds. The van der Waals surface area contributed by atoms with E-state index >= 15 is 0 Å². The zero-order valence-corrected chi connectivity index (χ0v) is 11.3. The number of aryl methyl sites for hydroxylation is 1. The monoisotopic (exact) mass is 300 g/mol. The molecule has 0 radical (unpaired) electrons. The predicted molar refractivity (Wildman–Crippen MR) is 68.6 cm³/mol. The van der Waals surface area contributed by atoms with Crippen molar-refractivity contribution in [3.8, 4) is 0 Å². The van der Waals surface area contributed by atoms with E-state index < -0.39 is 6.10 Å². The van der Waals surface area contributed by atoms with Gasteiger partial charge in [0.2, 0.25) is 0 Å². The van der Waals surface area contributed by atoms with Crippen molar-refractivity contribution < 1.29 is 5.11 Å². The van der Waals surface area contributed by atoms with Gasteiger partial charge in [-0.25, -0.2) is 0 Å². The minimum absolute atomic E-state index is 0.479. The zero-order chi connectivity index (χ0) is 11.5. The van der Waals surface area contributed by atoms with Crippen LogP contribution in [0.25, 0.3) is 0 Å². The Morgan fingerprint density at radius 1 is 1.50 bits per heavy atom. The molecule has 2 aromatic rings. The van der Waals surface area contributed by atoms with Crippen LogP contribution >= 0.6 is 27.3 Å². The lowest BCUT2D eigenvalue weighted by Crippen LogP contribution is -2.09. The van der Waals surface area contributed by atoms with Gasteiger partial charge in [-0.15, -0.1) is 11.3 Å². The lowest BCUT2D eigenvalue weighted by Gasteiger charge is -2.11. The highest BCUT2D eigenvalue weighted by molar-refractivity contribution is 9.11. The Labute approximate surface area is 107 Å². The molecule has 86 valence electrons. The first-order valence-corrected chi connectivity index (χ1v) is 6.75. The molecule has 0 saturated carbocycles. The molecule has 2 heterocycles. The van der Waals surface area contributed by atoms with Gasteiger partial charge in [0.15, 0.2) is 0 Å². The summed E-state index contributed by atoms with van der Waals surface area (Å²) in [5, 5.41) is 14.3. The summed E-state index contributed by atoms with van der Waals surface area (Å²) in [5.74, 6) is 0. The van der Waals surface area contributed by atoms with Crippen LogP contribution in [0.2, 0.25) is 0 Å². The summed E-state index contributed by atoms with van der Waals surface area (Å²) in [6, 6.07) is 5.91. The van der Waals surface area contributed by atoms with E-state index in [0.29, 0.717) is 6.42 Å². The first kappa shape index (κ1) is 11.8. The minimum Gasteiger partial charge on any atom is -0.386 e. The summed E-state index contributed by atoms with van der Waals surface area (Å²) >= 11 is 5.07. The fourth-order valence-corrected chi connectivity index (χ4v) is 3.17. The van der Waals surface area contributed by atoms with Crippen molar-refractivity contribution in [1.29, 1.82) is 0 Å². The Bertz CT molecular complexity index is 466.